The Labute approximate surface area is 203 Å². The molecule has 0 amide bonds. The molecule has 0 saturated heterocycles. The van der Waals surface area contributed by atoms with Gasteiger partial charge >= 0.3 is 0 Å². The van der Waals surface area contributed by atoms with Gasteiger partial charge in [0.25, 0.3) is 0 Å². The molecule has 0 N–H and O–H groups in total. The highest BCUT2D eigenvalue weighted by atomic mass is 35.5. The Kier molecular flexibility index (Phi) is 5.99. The minimum Gasteiger partial charge on any atom is -0.455 e. The predicted molar refractivity (Wildman–Crippen MR) is 141 cm³/mol. The zero-order valence-electron chi connectivity index (χ0n) is 18.2. The van der Waals surface area contributed by atoms with Crippen molar-refractivity contribution in [3.63, 3.8) is 0 Å². The third-order valence-electron chi connectivity index (χ3n) is 5.47. The molecule has 162 valence electrons. The SMILES string of the molecule is C=C/C=C\C=C(/C)N(c1ccc2ccccc2c1)c1cccc2c1Sc1ccc(Cl)cc1O2. The minimum atomic E-state index is 0.666. The molecule has 0 fully saturated rings. The van der Waals surface area contributed by atoms with Crippen molar-refractivity contribution < 1.29 is 4.74 Å². The summed E-state index contributed by atoms with van der Waals surface area (Å²) in [4.78, 5) is 4.39. The van der Waals surface area contributed by atoms with E-state index in [4.69, 9.17) is 16.3 Å². The maximum atomic E-state index is 6.25. The second-order valence-electron chi connectivity index (χ2n) is 7.70. The van der Waals surface area contributed by atoms with Gasteiger partial charge in [0.2, 0.25) is 0 Å². The summed E-state index contributed by atoms with van der Waals surface area (Å²) in [5.74, 6) is 1.61. The number of rotatable bonds is 5. The summed E-state index contributed by atoms with van der Waals surface area (Å²) in [6.45, 7) is 5.89. The minimum absolute atomic E-state index is 0.666. The molecular formula is C29H22ClNOS. The number of nitrogens with zero attached hydrogens (tertiary/aromatic N) is 1. The quantitative estimate of drug-likeness (QED) is 0.239. The summed E-state index contributed by atoms with van der Waals surface area (Å²) in [6, 6.07) is 26.9. The molecule has 0 radical (unpaired) electrons. The average molecular weight is 468 g/mol. The van der Waals surface area contributed by atoms with E-state index in [0.717, 1.165) is 38.4 Å². The summed E-state index contributed by atoms with van der Waals surface area (Å²) in [5, 5.41) is 3.08. The fraction of sp³-hybridized carbons (Fsp3) is 0.0345. The molecule has 0 unspecified atom stereocenters. The highest BCUT2D eigenvalue weighted by molar-refractivity contribution is 7.99. The van der Waals surface area contributed by atoms with E-state index in [-0.39, 0.29) is 0 Å². The molecular weight excluding hydrogens is 446 g/mol. The standard InChI is InChI=1S/C29H22ClNOS/c1-3-4-5-9-20(2)31(24-16-14-21-10-6-7-11-22(21)18-24)25-12-8-13-26-29(25)33-28-17-15-23(30)19-27(28)32-26/h3-19H,1H2,2H3/b5-4-,20-9+. The molecule has 0 atom stereocenters. The van der Waals surface area contributed by atoms with Crippen LogP contribution in [-0.4, -0.2) is 0 Å². The number of ether oxygens (including phenoxy) is 1. The number of hydrogen-bond acceptors (Lipinski definition) is 3. The van der Waals surface area contributed by atoms with Crippen LogP contribution in [0.1, 0.15) is 6.92 Å². The van der Waals surface area contributed by atoms with Crippen LogP contribution < -0.4 is 9.64 Å². The van der Waals surface area contributed by atoms with Gasteiger partial charge < -0.3 is 9.64 Å². The van der Waals surface area contributed by atoms with Crippen LogP contribution in [0.4, 0.5) is 11.4 Å². The van der Waals surface area contributed by atoms with E-state index < -0.39 is 0 Å². The molecule has 0 bridgehead atoms. The monoisotopic (exact) mass is 467 g/mol. The lowest BCUT2D eigenvalue weighted by Crippen LogP contribution is -2.16. The van der Waals surface area contributed by atoms with Crippen molar-refractivity contribution in [1.29, 1.82) is 0 Å². The third kappa shape index (κ3) is 4.30. The van der Waals surface area contributed by atoms with Gasteiger partial charge in [0, 0.05) is 22.5 Å². The Morgan fingerprint density at radius 3 is 2.61 bits per heavy atom. The number of anilines is 2. The first kappa shape index (κ1) is 21.4. The maximum Gasteiger partial charge on any atom is 0.143 e. The van der Waals surface area contributed by atoms with Crippen LogP contribution in [0.15, 0.2) is 125 Å². The van der Waals surface area contributed by atoms with Crippen LogP contribution in [-0.2, 0) is 0 Å². The highest BCUT2D eigenvalue weighted by Crippen LogP contribution is 2.52. The number of halogens is 1. The third-order valence-corrected chi connectivity index (χ3v) is 6.87. The molecule has 1 aliphatic rings. The Bertz CT molecular complexity index is 1420. The van der Waals surface area contributed by atoms with Gasteiger partial charge in [-0.2, -0.15) is 0 Å². The summed E-state index contributed by atoms with van der Waals surface area (Å²) >= 11 is 7.90. The molecule has 0 saturated carbocycles. The summed E-state index contributed by atoms with van der Waals surface area (Å²) in [7, 11) is 0. The van der Waals surface area contributed by atoms with Gasteiger partial charge in [-0.1, -0.05) is 84.6 Å². The van der Waals surface area contributed by atoms with Crippen molar-refractivity contribution in [3.8, 4) is 11.5 Å². The highest BCUT2D eigenvalue weighted by Gasteiger charge is 2.25. The van der Waals surface area contributed by atoms with Crippen molar-refractivity contribution in [1.82, 2.24) is 0 Å². The van der Waals surface area contributed by atoms with Crippen molar-refractivity contribution in [3.05, 3.63) is 120 Å². The lowest BCUT2D eigenvalue weighted by molar-refractivity contribution is 0.455. The maximum absolute atomic E-state index is 6.25. The summed E-state index contributed by atoms with van der Waals surface area (Å²) in [5.41, 5.74) is 3.23. The Morgan fingerprint density at radius 2 is 1.76 bits per heavy atom. The van der Waals surface area contributed by atoms with Crippen LogP contribution in [0.25, 0.3) is 10.8 Å². The van der Waals surface area contributed by atoms with E-state index in [1.54, 1.807) is 17.8 Å². The molecule has 4 heteroatoms. The molecule has 0 aliphatic carbocycles. The number of allylic oxidation sites excluding steroid dienone is 5. The van der Waals surface area contributed by atoms with Crippen LogP contribution in [0.5, 0.6) is 11.5 Å². The van der Waals surface area contributed by atoms with Crippen LogP contribution >= 0.6 is 23.4 Å². The van der Waals surface area contributed by atoms with Gasteiger partial charge in [-0.3, -0.25) is 0 Å². The number of hydrogen-bond donors (Lipinski definition) is 0. The first-order valence-electron chi connectivity index (χ1n) is 10.7. The fourth-order valence-corrected chi connectivity index (χ4v) is 5.13. The lowest BCUT2D eigenvalue weighted by atomic mass is 10.1. The van der Waals surface area contributed by atoms with Crippen LogP contribution in [0.3, 0.4) is 0 Å². The van der Waals surface area contributed by atoms with E-state index in [1.165, 1.54) is 10.8 Å². The first-order chi connectivity index (χ1) is 16.1. The van der Waals surface area contributed by atoms with Crippen molar-refractivity contribution in [2.45, 2.75) is 16.7 Å². The Morgan fingerprint density at radius 1 is 0.909 bits per heavy atom. The number of fused-ring (bicyclic) bond motifs is 3. The molecule has 5 rings (SSSR count). The Hall–Kier alpha value is -3.40. The van der Waals surface area contributed by atoms with E-state index in [0.29, 0.717) is 5.02 Å². The van der Waals surface area contributed by atoms with Crippen molar-refractivity contribution in [2.75, 3.05) is 4.90 Å². The van der Waals surface area contributed by atoms with Crippen molar-refractivity contribution >= 4 is 45.5 Å². The molecule has 1 heterocycles. The van der Waals surface area contributed by atoms with Crippen LogP contribution in [0.2, 0.25) is 5.02 Å². The van der Waals surface area contributed by atoms with E-state index in [2.05, 4.69) is 73.0 Å². The molecule has 2 nitrogen and oxygen atoms in total. The number of benzene rings is 4. The van der Waals surface area contributed by atoms with E-state index >= 15 is 0 Å². The Balaban J connectivity index is 1.66. The van der Waals surface area contributed by atoms with Gasteiger partial charge in [0.05, 0.1) is 15.5 Å². The normalized spacial score (nSPS) is 12.8. The van der Waals surface area contributed by atoms with Gasteiger partial charge in [-0.15, -0.1) is 0 Å². The van der Waals surface area contributed by atoms with E-state index in [1.807, 2.05) is 42.5 Å². The molecule has 4 aromatic carbocycles. The molecule has 1 aliphatic heterocycles. The van der Waals surface area contributed by atoms with Gasteiger partial charge in [0.15, 0.2) is 0 Å². The van der Waals surface area contributed by atoms with E-state index in [9.17, 15) is 0 Å². The fourth-order valence-electron chi connectivity index (χ4n) is 3.93. The molecule has 0 aromatic heterocycles. The van der Waals surface area contributed by atoms with Crippen LogP contribution in [0, 0.1) is 0 Å². The average Bonchev–Trinajstić information content (AvgIpc) is 2.83. The first-order valence-corrected chi connectivity index (χ1v) is 11.9. The second kappa shape index (κ2) is 9.22. The largest absolute Gasteiger partial charge is 0.455 e. The van der Waals surface area contributed by atoms with Gasteiger partial charge in [-0.25, -0.2) is 0 Å². The van der Waals surface area contributed by atoms with Gasteiger partial charge in [-0.05, 0) is 60.2 Å². The smallest absolute Gasteiger partial charge is 0.143 e. The second-order valence-corrected chi connectivity index (χ2v) is 9.18. The van der Waals surface area contributed by atoms with Crippen molar-refractivity contribution in [2.24, 2.45) is 0 Å². The molecule has 4 aromatic rings. The zero-order valence-corrected chi connectivity index (χ0v) is 19.7. The lowest BCUT2D eigenvalue weighted by Gasteiger charge is -2.30. The molecule has 0 spiro atoms. The predicted octanol–water partition coefficient (Wildman–Crippen LogP) is 9.53. The topological polar surface area (TPSA) is 12.5 Å². The summed E-state index contributed by atoms with van der Waals surface area (Å²) < 4.78 is 6.25. The summed E-state index contributed by atoms with van der Waals surface area (Å²) in [6.07, 6.45) is 7.81. The zero-order chi connectivity index (χ0) is 22.8. The molecule has 33 heavy (non-hydrogen) atoms. The van der Waals surface area contributed by atoms with Gasteiger partial charge in [0.1, 0.15) is 11.5 Å².